The number of carbonyl (C=O) groups is 1. The monoisotopic (exact) mass is 301 g/mol. The van der Waals surface area contributed by atoms with Crippen LogP contribution in [0.1, 0.15) is 36.1 Å². The van der Waals surface area contributed by atoms with Crippen LogP contribution < -0.4 is 5.32 Å². The van der Waals surface area contributed by atoms with Gasteiger partial charge in [0.15, 0.2) is 0 Å². The largest absolute Gasteiger partial charge is 0.320 e. The molecule has 0 aliphatic rings. The second kappa shape index (κ2) is 4.92. The van der Waals surface area contributed by atoms with Gasteiger partial charge in [-0.15, -0.1) is 15.3 Å². The van der Waals surface area contributed by atoms with Gasteiger partial charge in [0.05, 0.1) is 0 Å². The first-order valence-electron chi connectivity index (χ1n) is 6.53. The van der Waals surface area contributed by atoms with Gasteiger partial charge in [-0.25, -0.2) is 0 Å². The van der Waals surface area contributed by atoms with Gasteiger partial charge in [0.1, 0.15) is 6.33 Å². The molecule has 1 aromatic carbocycles. The molecule has 2 aromatic heterocycles. The van der Waals surface area contributed by atoms with E-state index in [1.54, 1.807) is 0 Å². The molecule has 0 radical (unpaired) electrons. The van der Waals surface area contributed by atoms with E-state index in [1.807, 2.05) is 24.3 Å². The minimum atomic E-state index is -0.234. The van der Waals surface area contributed by atoms with E-state index in [1.165, 1.54) is 22.2 Å². The maximum atomic E-state index is 12.3. The van der Waals surface area contributed by atoms with Crippen LogP contribution in [0.5, 0.6) is 0 Å². The van der Waals surface area contributed by atoms with Crippen LogP contribution in [-0.2, 0) is 5.41 Å². The predicted molar refractivity (Wildman–Crippen MR) is 81.8 cm³/mol. The quantitative estimate of drug-likeness (QED) is 0.790. The number of nitrogens with zero attached hydrogens (tertiary/aromatic N) is 4. The van der Waals surface area contributed by atoms with E-state index in [2.05, 4.69) is 41.4 Å². The highest BCUT2D eigenvalue weighted by Gasteiger charge is 2.20. The standard InChI is InChI=1S/C14H15N5OS/c1-14(2,3)9-6-4-5-7-10(9)16-11(20)12-18-19-8-15-17-13(19)21-12/h4-8H,1-3H3,(H,16,20). The number of hydrogen-bond donors (Lipinski definition) is 1. The molecule has 6 nitrogen and oxygen atoms in total. The van der Waals surface area contributed by atoms with Gasteiger partial charge in [-0.3, -0.25) is 4.79 Å². The van der Waals surface area contributed by atoms with Crippen LogP contribution in [0.3, 0.4) is 0 Å². The van der Waals surface area contributed by atoms with E-state index in [0.29, 0.717) is 9.97 Å². The number of nitrogens with one attached hydrogen (secondary N) is 1. The van der Waals surface area contributed by atoms with Gasteiger partial charge >= 0.3 is 0 Å². The van der Waals surface area contributed by atoms with Crippen LogP contribution >= 0.6 is 11.3 Å². The lowest BCUT2D eigenvalue weighted by molar-refractivity contribution is 0.102. The van der Waals surface area contributed by atoms with Gasteiger partial charge < -0.3 is 5.32 Å². The second-order valence-corrected chi connectivity index (χ2v) is 6.67. The topological polar surface area (TPSA) is 72.2 Å². The Kier molecular flexibility index (Phi) is 3.21. The van der Waals surface area contributed by atoms with Crippen molar-refractivity contribution in [3.63, 3.8) is 0 Å². The van der Waals surface area contributed by atoms with Crippen molar-refractivity contribution >= 4 is 27.9 Å². The molecule has 0 fully saturated rings. The van der Waals surface area contributed by atoms with Crippen molar-refractivity contribution in [2.45, 2.75) is 26.2 Å². The molecule has 1 N–H and O–H groups in total. The van der Waals surface area contributed by atoms with Crippen molar-refractivity contribution < 1.29 is 4.79 Å². The smallest absolute Gasteiger partial charge is 0.286 e. The molecule has 0 saturated carbocycles. The van der Waals surface area contributed by atoms with Gasteiger partial charge in [0.2, 0.25) is 9.97 Å². The summed E-state index contributed by atoms with van der Waals surface area (Å²) in [4.78, 5) is 12.9. The minimum absolute atomic E-state index is 0.0503. The number of carbonyl (C=O) groups excluding carboxylic acids is 1. The number of rotatable bonds is 2. The maximum Gasteiger partial charge on any atom is 0.286 e. The molecule has 3 aromatic rings. The highest BCUT2D eigenvalue weighted by Crippen LogP contribution is 2.29. The molecule has 7 heteroatoms. The molecule has 0 unspecified atom stereocenters. The Morgan fingerprint density at radius 2 is 2.05 bits per heavy atom. The second-order valence-electron chi connectivity index (χ2n) is 5.72. The Morgan fingerprint density at radius 3 is 2.76 bits per heavy atom. The number of anilines is 1. The van der Waals surface area contributed by atoms with E-state index in [4.69, 9.17) is 0 Å². The van der Waals surface area contributed by atoms with Gasteiger partial charge in [-0.1, -0.05) is 50.3 Å². The fraction of sp³-hybridized carbons (Fsp3) is 0.286. The average molecular weight is 301 g/mol. The molecule has 0 atom stereocenters. The van der Waals surface area contributed by atoms with Crippen molar-refractivity contribution in [2.24, 2.45) is 0 Å². The average Bonchev–Trinajstić information content (AvgIpc) is 2.98. The van der Waals surface area contributed by atoms with Crippen LogP contribution in [0.25, 0.3) is 4.96 Å². The third-order valence-electron chi connectivity index (χ3n) is 3.06. The first kappa shape index (κ1) is 13.7. The molecule has 0 saturated heterocycles. The number of benzene rings is 1. The molecule has 2 heterocycles. The summed E-state index contributed by atoms with van der Waals surface area (Å²) in [6.45, 7) is 6.34. The van der Waals surface area contributed by atoms with Crippen LogP contribution in [-0.4, -0.2) is 25.7 Å². The van der Waals surface area contributed by atoms with Crippen molar-refractivity contribution in [3.8, 4) is 0 Å². The zero-order valence-corrected chi connectivity index (χ0v) is 12.8. The van der Waals surface area contributed by atoms with Gasteiger partial charge in [-0.2, -0.15) is 4.52 Å². The summed E-state index contributed by atoms with van der Waals surface area (Å²) in [5.74, 6) is -0.234. The van der Waals surface area contributed by atoms with Crippen LogP contribution in [0, 0.1) is 0 Å². The van der Waals surface area contributed by atoms with E-state index in [0.717, 1.165) is 11.3 Å². The van der Waals surface area contributed by atoms with Crippen LogP contribution in [0.15, 0.2) is 30.6 Å². The molecule has 0 bridgehead atoms. The Bertz CT molecular complexity index is 770. The van der Waals surface area contributed by atoms with E-state index >= 15 is 0 Å². The number of amides is 1. The van der Waals surface area contributed by atoms with Crippen molar-refractivity contribution in [2.75, 3.05) is 5.32 Å². The number of aromatic nitrogens is 4. The Labute approximate surface area is 125 Å². The normalized spacial score (nSPS) is 11.8. The molecule has 0 aliphatic carbocycles. The Morgan fingerprint density at radius 1 is 1.29 bits per heavy atom. The highest BCUT2D eigenvalue weighted by atomic mass is 32.1. The zero-order chi connectivity index (χ0) is 15.0. The SMILES string of the molecule is CC(C)(C)c1ccccc1NC(=O)c1nn2cnnc2s1. The molecule has 108 valence electrons. The lowest BCUT2D eigenvalue weighted by Gasteiger charge is -2.22. The number of para-hydroxylation sites is 1. The summed E-state index contributed by atoms with van der Waals surface area (Å²) < 4.78 is 1.50. The summed E-state index contributed by atoms with van der Waals surface area (Å²) in [7, 11) is 0. The fourth-order valence-electron chi connectivity index (χ4n) is 2.07. The summed E-state index contributed by atoms with van der Waals surface area (Å²) >= 11 is 1.21. The first-order valence-corrected chi connectivity index (χ1v) is 7.34. The third kappa shape index (κ3) is 2.64. The molecular formula is C14H15N5OS. The predicted octanol–water partition coefficient (Wildman–Crippen LogP) is 2.74. The first-order chi connectivity index (χ1) is 9.95. The highest BCUT2D eigenvalue weighted by molar-refractivity contribution is 7.18. The van der Waals surface area contributed by atoms with Crippen molar-refractivity contribution in [3.05, 3.63) is 41.2 Å². The Balaban J connectivity index is 1.90. The Hall–Kier alpha value is -2.28. The summed E-state index contributed by atoms with van der Waals surface area (Å²) in [6.07, 6.45) is 1.48. The molecular weight excluding hydrogens is 286 g/mol. The molecule has 3 rings (SSSR count). The fourth-order valence-corrected chi connectivity index (χ4v) is 2.79. The van der Waals surface area contributed by atoms with E-state index in [9.17, 15) is 4.79 Å². The van der Waals surface area contributed by atoms with Gasteiger partial charge in [0, 0.05) is 5.69 Å². The van der Waals surface area contributed by atoms with E-state index in [-0.39, 0.29) is 11.3 Å². The number of hydrogen-bond acceptors (Lipinski definition) is 5. The summed E-state index contributed by atoms with van der Waals surface area (Å²) in [5.41, 5.74) is 1.84. The maximum absolute atomic E-state index is 12.3. The van der Waals surface area contributed by atoms with Crippen LogP contribution in [0.2, 0.25) is 0 Å². The summed E-state index contributed by atoms with van der Waals surface area (Å²) in [5, 5.41) is 15.1. The molecule has 1 amide bonds. The molecule has 0 spiro atoms. The van der Waals surface area contributed by atoms with E-state index < -0.39 is 0 Å². The van der Waals surface area contributed by atoms with Crippen molar-refractivity contribution in [1.82, 2.24) is 19.8 Å². The van der Waals surface area contributed by atoms with Gasteiger partial charge in [-0.05, 0) is 17.0 Å². The third-order valence-corrected chi connectivity index (χ3v) is 3.98. The van der Waals surface area contributed by atoms with Crippen LogP contribution in [0.4, 0.5) is 5.69 Å². The molecule has 0 aliphatic heterocycles. The summed E-state index contributed by atoms with van der Waals surface area (Å²) in [6, 6.07) is 7.80. The van der Waals surface area contributed by atoms with Gasteiger partial charge in [0.25, 0.3) is 5.91 Å². The lowest BCUT2D eigenvalue weighted by Crippen LogP contribution is -2.18. The minimum Gasteiger partial charge on any atom is -0.320 e. The zero-order valence-electron chi connectivity index (χ0n) is 12.0. The molecule has 21 heavy (non-hydrogen) atoms. The lowest BCUT2D eigenvalue weighted by atomic mass is 9.86. The van der Waals surface area contributed by atoms with Crippen molar-refractivity contribution in [1.29, 1.82) is 0 Å². The number of fused-ring (bicyclic) bond motifs is 1.